The highest BCUT2D eigenvalue weighted by Crippen LogP contribution is 2.33. The number of fused-ring (bicyclic) bond motifs is 1. The zero-order chi connectivity index (χ0) is 27.0. The molecule has 0 atom stereocenters. The molecular weight excluding hydrogens is 509 g/mol. The van der Waals surface area contributed by atoms with Crippen LogP contribution in [-0.2, 0) is 17.5 Å². The number of nitrogens with one attached hydrogen (secondary N) is 2. The third-order valence-electron chi connectivity index (χ3n) is 7.05. The SMILES string of the molecule is O=C(CC1CC1)N1CCN(Cc2ccnc(Nc3nc4ccc(-c5ccnc(C(F)(F)F)n5)cc4[nH]3)c2)CC1. The summed E-state index contributed by atoms with van der Waals surface area (Å²) in [6.07, 6.45) is 1.30. The zero-order valence-corrected chi connectivity index (χ0v) is 21.1. The van der Waals surface area contributed by atoms with E-state index in [0.717, 1.165) is 44.5 Å². The Morgan fingerprint density at radius 2 is 1.79 bits per heavy atom. The van der Waals surface area contributed by atoms with Crippen molar-refractivity contribution in [2.24, 2.45) is 5.92 Å². The Morgan fingerprint density at radius 1 is 1.00 bits per heavy atom. The second-order valence-corrected chi connectivity index (χ2v) is 10.1. The van der Waals surface area contributed by atoms with Gasteiger partial charge in [-0.3, -0.25) is 9.69 Å². The molecule has 12 heteroatoms. The number of imidazole rings is 1. The molecule has 2 fully saturated rings. The third kappa shape index (κ3) is 6.00. The van der Waals surface area contributed by atoms with E-state index in [2.05, 4.69) is 35.1 Å². The molecule has 0 radical (unpaired) electrons. The van der Waals surface area contributed by atoms with Gasteiger partial charge in [0.05, 0.1) is 16.7 Å². The van der Waals surface area contributed by atoms with E-state index in [-0.39, 0.29) is 11.6 Å². The van der Waals surface area contributed by atoms with Crippen molar-refractivity contribution >= 4 is 28.7 Å². The van der Waals surface area contributed by atoms with Gasteiger partial charge in [-0.2, -0.15) is 13.2 Å². The second-order valence-electron chi connectivity index (χ2n) is 10.1. The Balaban J connectivity index is 1.10. The first-order valence-corrected chi connectivity index (χ1v) is 12.9. The average Bonchev–Trinajstić information content (AvgIpc) is 3.65. The molecule has 1 aliphatic carbocycles. The normalized spacial score (nSPS) is 16.5. The number of aromatic nitrogens is 5. The van der Waals surface area contributed by atoms with Crippen molar-refractivity contribution in [1.29, 1.82) is 0 Å². The van der Waals surface area contributed by atoms with Gasteiger partial charge >= 0.3 is 6.18 Å². The third-order valence-corrected chi connectivity index (χ3v) is 7.05. The number of aromatic amines is 1. The maximum Gasteiger partial charge on any atom is 0.451 e. The van der Waals surface area contributed by atoms with Crippen LogP contribution in [0.2, 0.25) is 0 Å². The first-order chi connectivity index (χ1) is 18.8. The minimum absolute atomic E-state index is 0.172. The highest BCUT2D eigenvalue weighted by molar-refractivity contribution is 5.83. The van der Waals surface area contributed by atoms with Crippen LogP contribution in [0.5, 0.6) is 0 Å². The van der Waals surface area contributed by atoms with Gasteiger partial charge in [0, 0.05) is 57.1 Å². The number of pyridine rings is 1. The number of benzene rings is 1. The molecule has 6 rings (SSSR count). The summed E-state index contributed by atoms with van der Waals surface area (Å²) in [6.45, 7) is 3.95. The van der Waals surface area contributed by atoms with Crippen LogP contribution in [0, 0.1) is 5.92 Å². The molecule has 9 nitrogen and oxygen atoms in total. The predicted molar refractivity (Wildman–Crippen MR) is 139 cm³/mol. The van der Waals surface area contributed by atoms with E-state index in [1.165, 1.54) is 18.9 Å². The minimum Gasteiger partial charge on any atom is -0.340 e. The number of hydrogen-bond donors (Lipinski definition) is 2. The van der Waals surface area contributed by atoms with Gasteiger partial charge in [0.15, 0.2) is 0 Å². The number of alkyl halides is 3. The second kappa shape index (κ2) is 10.3. The maximum absolute atomic E-state index is 13.0. The molecule has 0 unspecified atom stereocenters. The minimum atomic E-state index is -4.62. The molecule has 202 valence electrons. The number of anilines is 2. The van der Waals surface area contributed by atoms with Crippen LogP contribution in [-0.4, -0.2) is 66.8 Å². The molecule has 1 amide bonds. The summed E-state index contributed by atoms with van der Waals surface area (Å²) in [6, 6.07) is 10.5. The van der Waals surface area contributed by atoms with Gasteiger partial charge in [-0.05, 0) is 54.7 Å². The fraction of sp³-hybridized carbons (Fsp3) is 0.370. The number of H-pyrrole nitrogens is 1. The van der Waals surface area contributed by atoms with E-state index >= 15 is 0 Å². The van der Waals surface area contributed by atoms with Crippen molar-refractivity contribution < 1.29 is 18.0 Å². The number of rotatable bonds is 7. The van der Waals surface area contributed by atoms with Crippen LogP contribution < -0.4 is 5.32 Å². The van der Waals surface area contributed by atoms with Crippen molar-refractivity contribution in [3.63, 3.8) is 0 Å². The Hall–Kier alpha value is -4.06. The number of halogens is 3. The van der Waals surface area contributed by atoms with E-state index < -0.39 is 12.0 Å². The van der Waals surface area contributed by atoms with E-state index in [9.17, 15) is 18.0 Å². The number of piperazine rings is 1. The van der Waals surface area contributed by atoms with E-state index in [4.69, 9.17) is 0 Å². The highest BCUT2D eigenvalue weighted by Gasteiger charge is 2.34. The lowest BCUT2D eigenvalue weighted by Crippen LogP contribution is -2.48. The zero-order valence-electron chi connectivity index (χ0n) is 21.1. The van der Waals surface area contributed by atoms with Gasteiger partial charge in [0.25, 0.3) is 0 Å². The Kier molecular flexibility index (Phi) is 6.63. The largest absolute Gasteiger partial charge is 0.451 e. The monoisotopic (exact) mass is 536 g/mol. The standard InChI is InChI=1S/C27H27F3N8O/c28-27(29,30)25-32-8-6-20(33-25)19-3-4-21-22(15-19)35-26(34-21)36-23-13-18(5-7-31-23)16-37-9-11-38(12-10-37)24(39)14-17-1-2-17/h3-8,13,15,17H,1-2,9-12,14,16H2,(H2,31,34,35,36). The van der Waals surface area contributed by atoms with E-state index in [0.29, 0.717) is 40.7 Å². The number of amides is 1. The lowest BCUT2D eigenvalue weighted by atomic mass is 10.1. The summed E-state index contributed by atoms with van der Waals surface area (Å²) < 4.78 is 39.1. The summed E-state index contributed by atoms with van der Waals surface area (Å²) >= 11 is 0. The molecular formula is C27H27F3N8O. The van der Waals surface area contributed by atoms with Crippen LogP contribution >= 0.6 is 0 Å². The summed E-state index contributed by atoms with van der Waals surface area (Å²) in [4.78, 5) is 35.8. The Bertz CT molecular complexity index is 1490. The van der Waals surface area contributed by atoms with Crippen molar-refractivity contribution in [2.45, 2.75) is 32.0 Å². The number of nitrogens with zero attached hydrogens (tertiary/aromatic N) is 6. The van der Waals surface area contributed by atoms with Crippen LogP contribution in [0.15, 0.2) is 48.8 Å². The van der Waals surface area contributed by atoms with Gasteiger partial charge in [-0.15, -0.1) is 0 Å². The van der Waals surface area contributed by atoms with Gasteiger partial charge < -0.3 is 15.2 Å². The molecule has 2 aliphatic rings. The topological polar surface area (TPSA) is 103 Å². The van der Waals surface area contributed by atoms with Crippen molar-refractivity contribution in [3.05, 3.63) is 60.2 Å². The molecule has 3 aromatic heterocycles. The molecule has 1 saturated carbocycles. The smallest absolute Gasteiger partial charge is 0.340 e. The molecule has 4 aromatic rings. The molecule has 2 N–H and O–H groups in total. The molecule has 0 spiro atoms. The number of hydrogen-bond acceptors (Lipinski definition) is 7. The Labute approximate surface area is 222 Å². The van der Waals surface area contributed by atoms with E-state index in [1.807, 2.05) is 17.0 Å². The average molecular weight is 537 g/mol. The van der Waals surface area contributed by atoms with Crippen molar-refractivity contribution in [2.75, 3.05) is 31.5 Å². The van der Waals surface area contributed by atoms with Crippen molar-refractivity contribution in [1.82, 2.24) is 34.7 Å². The number of carbonyl (C=O) groups excluding carboxylic acids is 1. The van der Waals surface area contributed by atoms with E-state index in [1.54, 1.807) is 24.4 Å². The predicted octanol–water partition coefficient (Wildman–Crippen LogP) is 4.62. The van der Waals surface area contributed by atoms with Crippen molar-refractivity contribution in [3.8, 4) is 11.3 Å². The summed E-state index contributed by atoms with van der Waals surface area (Å²) in [7, 11) is 0. The summed E-state index contributed by atoms with van der Waals surface area (Å²) in [5.74, 6) is 0.802. The van der Waals surface area contributed by atoms with Gasteiger partial charge in [0.1, 0.15) is 5.82 Å². The molecule has 0 bridgehead atoms. The lowest BCUT2D eigenvalue weighted by molar-refractivity contribution is -0.144. The molecule has 1 aromatic carbocycles. The molecule has 39 heavy (non-hydrogen) atoms. The molecule has 1 saturated heterocycles. The fourth-order valence-corrected chi connectivity index (χ4v) is 4.76. The van der Waals surface area contributed by atoms with Crippen LogP contribution in [0.3, 0.4) is 0 Å². The summed E-state index contributed by atoms with van der Waals surface area (Å²) in [5, 5.41) is 3.18. The highest BCUT2D eigenvalue weighted by atomic mass is 19.4. The first-order valence-electron chi connectivity index (χ1n) is 12.9. The fourth-order valence-electron chi connectivity index (χ4n) is 4.76. The summed E-state index contributed by atoms with van der Waals surface area (Å²) in [5.41, 5.74) is 3.07. The van der Waals surface area contributed by atoms with Crippen LogP contribution in [0.4, 0.5) is 24.9 Å². The van der Waals surface area contributed by atoms with Crippen LogP contribution in [0.25, 0.3) is 22.3 Å². The molecule has 4 heterocycles. The van der Waals surface area contributed by atoms with Gasteiger partial charge in [-0.25, -0.2) is 19.9 Å². The quantitative estimate of drug-likeness (QED) is 0.355. The Morgan fingerprint density at radius 3 is 2.56 bits per heavy atom. The number of carbonyl (C=O) groups is 1. The van der Waals surface area contributed by atoms with Crippen LogP contribution in [0.1, 0.15) is 30.7 Å². The maximum atomic E-state index is 13.0. The van der Waals surface area contributed by atoms with Gasteiger partial charge in [-0.1, -0.05) is 6.07 Å². The molecule has 1 aliphatic heterocycles. The van der Waals surface area contributed by atoms with Gasteiger partial charge in [0.2, 0.25) is 17.7 Å². The lowest BCUT2D eigenvalue weighted by Gasteiger charge is -2.34. The first kappa shape index (κ1) is 25.2.